The van der Waals surface area contributed by atoms with Crippen molar-refractivity contribution in [1.82, 2.24) is 5.32 Å². The van der Waals surface area contributed by atoms with Crippen LogP contribution in [0.25, 0.3) is 10.8 Å². The topological polar surface area (TPSA) is 21.3 Å². The summed E-state index contributed by atoms with van der Waals surface area (Å²) in [5, 5.41) is 5.64. The zero-order valence-corrected chi connectivity index (χ0v) is 10.9. The molecule has 0 spiro atoms. The largest absolute Gasteiger partial charge is 0.465 e. The molecule has 0 amide bonds. The van der Waals surface area contributed by atoms with E-state index in [9.17, 15) is 0 Å². The molecule has 0 aliphatic carbocycles. The van der Waals surface area contributed by atoms with Crippen LogP contribution in [0.1, 0.15) is 13.8 Å². The van der Waals surface area contributed by atoms with Crippen LogP contribution in [0.4, 0.5) is 0 Å². The summed E-state index contributed by atoms with van der Waals surface area (Å²) in [5.41, 5.74) is 0. The third-order valence-corrected chi connectivity index (χ3v) is 2.68. The Morgan fingerprint density at radius 3 is 2.72 bits per heavy atom. The Labute approximate surface area is 108 Å². The summed E-state index contributed by atoms with van der Waals surface area (Å²) in [6, 6.07) is 14.8. The number of fused-ring (bicyclic) bond motifs is 1. The molecule has 2 aromatic carbocycles. The lowest BCUT2D eigenvalue weighted by Gasteiger charge is -2.06. The average Bonchev–Trinajstić information content (AvgIpc) is 2.38. The average molecular weight is 241 g/mol. The number of hydrogen-bond donors (Lipinski definition) is 1. The quantitative estimate of drug-likeness (QED) is 0.805. The van der Waals surface area contributed by atoms with Crippen LogP contribution in [0.15, 0.2) is 54.8 Å². The summed E-state index contributed by atoms with van der Waals surface area (Å²) in [7, 11) is 0. The van der Waals surface area contributed by atoms with Crippen molar-refractivity contribution in [2.75, 3.05) is 6.54 Å². The Bertz CT molecular complexity index is 526. The first-order chi connectivity index (χ1) is 8.77. The fraction of sp³-hybridized carbons (Fsp3) is 0.250. The molecule has 94 valence electrons. The molecule has 0 heterocycles. The van der Waals surface area contributed by atoms with E-state index in [1.165, 1.54) is 5.39 Å². The molecule has 0 bridgehead atoms. The molecule has 18 heavy (non-hydrogen) atoms. The molecule has 0 aliphatic rings. The van der Waals surface area contributed by atoms with Gasteiger partial charge in [0, 0.05) is 18.0 Å². The SMILES string of the molecule is CC(C)NC/C=C/Oc1cccc2ccccc12. The van der Waals surface area contributed by atoms with Crippen molar-refractivity contribution in [3.63, 3.8) is 0 Å². The second-order valence-corrected chi connectivity index (χ2v) is 4.53. The molecule has 0 atom stereocenters. The summed E-state index contributed by atoms with van der Waals surface area (Å²) < 4.78 is 5.68. The first-order valence-corrected chi connectivity index (χ1v) is 6.30. The van der Waals surface area contributed by atoms with Crippen LogP contribution in [-0.2, 0) is 0 Å². The molecule has 1 N–H and O–H groups in total. The number of rotatable bonds is 5. The van der Waals surface area contributed by atoms with Gasteiger partial charge >= 0.3 is 0 Å². The van der Waals surface area contributed by atoms with Crippen molar-refractivity contribution in [2.24, 2.45) is 0 Å². The van der Waals surface area contributed by atoms with E-state index in [2.05, 4.69) is 37.4 Å². The van der Waals surface area contributed by atoms with Crippen LogP contribution in [0.3, 0.4) is 0 Å². The van der Waals surface area contributed by atoms with Crippen molar-refractivity contribution in [1.29, 1.82) is 0 Å². The van der Waals surface area contributed by atoms with E-state index >= 15 is 0 Å². The molecule has 0 radical (unpaired) electrons. The van der Waals surface area contributed by atoms with Gasteiger partial charge in [-0.25, -0.2) is 0 Å². The number of hydrogen-bond acceptors (Lipinski definition) is 2. The molecule has 0 saturated heterocycles. The Kier molecular flexibility index (Phi) is 4.37. The van der Waals surface area contributed by atoms with Gasteiger partial charge in [-0.05, 0) is 17.5 Å². The lowest BCUT2D eigenvalue weighted by Crippen LogP contribution is -2.22. The number of benzene rings is 2. The van der Waals surface area contributed by atoms with E-state index in [4.69, 9.17) is 4.74 Å². The van der Waals surface area contributed by atoms with Crippen LogP contribution in [0.5, 0.6) is 5.75 Å². The van der Waals surface area contributed by atoms with Gasteiger partial charge < -0.3 is 10.1 Å². The summed E-state index contributed by atoms with van der Waals surface area (Å²) in [5.74, 6) is 0.897. The van der Waals surface area contributed by atoms with Crippen LogP contribution in [0, 0.1) is 0 Å². The Balaban J connectivity index is 2.03. The number of ether oxygens (including phenoxy) is 1. The molecule has 2 heteroatoms. The molecule has 0 aromatic heterocycles. The van der Waals surface area contributed by atoms with E-state index in [0.29, 0.717) is 6.04 Å². The van der Waals surface area contributed by atoms with Crippen molar-refractivity contribution in [2.45, 2.75) is 19.9 Å². The zero-order chi connectivity index (χ0) is 12.8. The molecule has 0 aliphatic heterocycles. The van der Waals surface area contributed by atoms with Crippen molar-refractivity contribution >= 4 is 10.8 Å². The van der Waals surface area contributed by atoms with Crippen LogP contribution in [0.2, 0.25) is 0 Å². The van der Waals surface area contributed by atoms with Gasteiger partial charge in [0.1, 0.15) is 5.75 Å². The van der Waals surface area contributed by atoms with Crippen LogP contribution in [-0.4, -0.2) is 12.6 Å². The second-order valence-electron chi connectivity index (χ2n) is 4.53. The minimum Gasteiger partial charge on any atom is -0.465 e. The lowest BCUT2D eigenvalue weighted by molar-refractivity contribution is 0.483. The van der Waals surface area contributed by atoms with Gasteiger partial charge in [-0.1, -0.05) is 50.2 Å². The summed E-state index contributed by atoms with van der Waals surface area (Å²) >= 11 is 0. The summed E-state index contributed by atoms with van der Waals surface area (Å²) in [6.45, 7) is 5.07. The van der Waals surface area contributed by atoms with Gasteiger partial charge in [0.25, 0.3) is 0 Å². The van der Waals surface area contributed by atoms with Gasteiger partial charge in [-0.2, -0.15) is 0 Å². The standard InChI is InChI=1S/C16H19NO/c1-13(2)17-11-6-12-18-16-10-5-8-14-7-3-4-9-15(14)16/h3-10,12-13,17H,11H2,1-2H3/b12-6+. The third kappa shape index (κ3) is 3.34. The molecule has 0 unspecified atom stereocenters. The van der Waals surface area contributed by atoms with E-state index < -0.39 is 0 Å². The van der Waals surface area contributed by atoms with Crippen molar-refractivity contribution < 1.29 is 4.74 Å². The molecule has 0 saturated carbocycles. The van der Waals surface area contributed by atoms with E-state index in [0.717, 1.165) is 17.7 Å². The highest BCUT2D eigenvalue weighted by Crippen LogP contribution is 2.25. The molecule has 2 rings (SSSR count). The summed E-state index contributed by atoms with van der Waals surface area (Å²) in [4.78, 5) is 0. The fourth-order valence-electron chi connectivity index (χ4n) is 1.77. The highest BCUT2D eigenvalue weighted by atomic mass is 16.5. The third-order valence-electron chi connectivity index (χ3n) is 2.68. The van der Waals surface area contributed by atoms with E-state index in [1.807, 2.05) is 30.3 Å². The van der Waals surface area contributed by atoms with Gasteiger partial charge in [-0.3, -0.25) is 0 Å². The first-order valence-electron chi connectivity index (χ1n) is 6.30. The highest BCUT2D eigenvalue weighted by Gasteiger charge is 1.98. The molecule has 0 fully saturated rings. The minimum absolute atomic E-state index is 0.493. The first kappa shape index (κ1) is 12.7. The van der Waals surface area contributed by atoms with E-state index in [-0.39, 0.29) is 0 Å². The van der Waals surface area contributed by atoms with Crippen molar-refractivity contribution in [3.05, 3.63) is 54.8 Å². The molecular formula is C16H19NO. The Morgan fingerprint density at radius 1 is 1.11 bits per heavy atom. The van der Waals surface area contributed by atoms with Crippen LogP contribution < -0.4 is 10.1 Å². The van der Waals surface area contributed by atoms with Gasteiger partial charge in [0.2, 0.25) is 0 Å². The second kappa shape index (κ2) is 6.22. The predicted molar refractivity (Wildman–Crippen MR) is 76.9 cm³/mol. The smallest absolute Gasteiger partial charge is 0.134 e. The lowest BCUT2D eigenvalue weighted by atomic mass is 10.1. The summed E-state index contributed by atoms with van der Waals surface area (Å²) in [6.07, 6.45) is 3.74. The monoisotopic (exact) mass is 241 g/mol. The maximum atomic E-state index is 5.68. The fourth-order valence-corrected chi connectivity index (χ4v) is 1.77. The zero-order valence-electron chi connectivity index (χ0n) is 10.9. The normalized spacial score (nSPS) is 11.5. The molecular weight excluding hydrogens is 222 g/mol. The van der Waals surface area contributed by atoms with Crippen molar-refractivity contribution in [3.8, 4) is 5.75 Å². The predicted octanol–water partition coefficient (Wildman–Crippen LogP) is 3.73. The maximum Gasteiger partial charge on any atom is 0.134 e. The number of nitrogens with one attached hydrogen (secondary N) is 1. The van der Waals surface area contributed by atoms with E-state index in [1.54, 1.807) is 6.26 Å². The van der Waals surface area contributed by atoms with Gasteiger partial charge in [0.05, 0.1) is 6.26 Å². The minimum atomic E-state index is 0.493. The van der Waals surface area contributed by atoms with Crippen LogP contribution >= 0.6 is 0 Å². The molecule has 2 aromatic rings. The van der Waals surface area contributed by atoms with Gasteiger partial charge in [-0.15, -0.1) is 0 Å². The van der Waals surface area contributed by atoms with Gasteiger partial charge in [0.15, 0.2) is 0 Å². The molecule has 2 nitrogen and oxygen atoms in total. The highest BCUT2D eigenvalue weighted by molar-refractivity contribution is 5.88. The maximum absolute atomic E-state index is 5.68. The Hall–Kier alpha value is -1.80. The Morgan fingerprint density at radius 2 is 1.89 bits per heavy atom.